The smallest absolute Gasteiger partial charge is 0.315 e. The summed E-state index contributed by atoms with van der Waals surface area (Å²) in [6.45, 7) is 0.347. The minimum Gasteiger partial charge on any atom is -0.481 e. The van der Waals surface area contributed by atoms with Gasteiger partial charge >= 0.3 is 12.0 Å². The van der Waals surface area contributed by atoms with Gasteiger partial charge in [-0.05, 0) is 31.6 Å². The van der Waals surface area contributed by atoms with E-state index in [0.29, 0.717) is 32.2 Å². The number of sulfone groups is 1. The average Bonchev–Trinajstić information content (AvgIpc) is 2.93. The van der Waals surface area contributed by atoms with Crippen molar-refractivity contribution in [3.8, 4) is 0 Å². The van der Waals surface area contributed by atoms with Gasteiger partial charge in [0.1, 0.15) is 0 Å². The van der Waals surface area contributed by atoms with E-state index in [1.165, 1.54) is 0 Å². The van der Waals surface area contributed by atoms with E-state index >= 15 is 0 Å². The van der Waals surface area contributed by atoms with E-state index in [9.17, 15) is 18.0 Å². The maximum absolute atomic E-state index is 11.7. The molecule has 0 aromatic carbocycles. The summed E-state index contributed by atoms with van der Waals surface area (Å²) in [5.74, 6) is -0.867. The van der Waals surface area contributed by atoms with Crippen LogP contribution in [0.2, 0.25) is 0 Å². The van der Waals surface area contributed by atoms with Crippen molar-refractivity contribution < 1.29 is 23.1 Å². The first-order valence-corrected chi connectivity index (χ1v) is 8.65. The molecule has 1 heterocycles. The molecule has 3 N–H and O–H groups in total. The highest BCUT2D eigenvalue weighted by Gasteiger charge is 2.31. The van der Waals surface area contributed by atoms with Crippen molar-refractivity contribution in [3.63, 3.8) is 0 Å². The molecule has 0 aromatic rings. The third-order valence-corrected chi connectivity index (χ3v) is 5.83. The van der Waals surface area contributed by atoms with Gasteiger partial charge in [-0.3, -0.25) is 4.79 Å². The van der Waals surface area contributed by atoms with Gasteiger partial charge in [-0.15, -0.1) is 0 Å². The fourth-order valence-electron chi connectivity index (χ4n) is 2.84. The number of carbonyl (C=O) groups is 2. The first-order valence-electron chi connectivity index (χ1n) is 6.83. The van der Waals surface area contributed by atoms with E-state index in [1.54, 1.807) is 0 Å². The molecule has 3 atom stereocenters. The van der Waals surface area contributed by atoms with Gasteiger partial charge in [-0.1, -0.05) is 0 Å². The van der Waals surface area contributed by atoms with Crippen LogP contribution in [0.15, 0.2) is 0 Å². The summed E-state index contributed by atoms with van der Waals surface area (Å²) in [5.41, 5.74) is 0. The van der Waals surface area contributed by atoms with Gasteiger partial charge in [0.15, 0.2) is 9.84 Å². The van der Waals surface area contributed by atoms with Crippen molar-refractivity contribution in [1.82, 2.24) is 10.6 Å². The lowest BCUT2D eigenvalue weighted by Gasteiger charge is -2.15. The number of hydrogen-bond donors (Lipinski definition) is 3. The third-order valence-electron chi connectivity index (χ3n) is 4.00. The molecule has 1 saturated heterocycles. The van der Waals surface area contributed by atoms with E-state index in [2.05, 4.69) is 10.6 Å². The molecule has 114 valence electrons. The van der Waals surface area contributed by atoms with Gasteiger partial charge in [0.05, 0.1) is 17.4 Å². The lowest BCUT2D eigenvalue weighted by molar-refractivity contribution is -0.141. The second kappa shape index (κ2) is 5.99. The monoisotopic (exact) mass is 304 g/mol. The molecule has 1 aliphatic heterocycles. The molecule has 0 spiro atoms. The van der Waals surface area contributed by atoms with Crippen LogP contribution in [0.25, 0.3) is 0 Å². The van der Waals surface area contributed by atoms with E-state index in [-0.39, 0.29) is 35.4 Å². The SMILES string of the molecule is O=C(NCC1CCS(=O)(=O)C1)NC1CCC(C(=O)O)C1. The Morgan fingerprint density at radius 3 is 2.50 bits per heavy atom. The van der Waals surface area contributed by atoms with Crippen molar-refractivity contribution in [2.24, 2.45) is 11.8 Å². The number of carboxylic acid groups (broad SMARTS) is 1. The predicted molar refractivity (Wildman–Crippen MR) is 72.1 cm³/mol. The predicted octanol–water partition coefficient (Wildman–Crippen LogP) is -0.0264. The quantitative estimate of drug-likeness (QED) is 0.675. The zero-order valence-corrected chi connectivity index (χ0v) is 12.0. The number of carbonyl (C=O) groups excluding carboxylic acids is 1. The van der Waals surface area contributed by atoms with Crippen molar-refractivity contribution in [3.05, 3.63) is 0 Å². The molecule has 2 aliphatic rings. The van der Waals surface area contributed by atoms with Crippen LogP contribution in [0.1, 0.15) is 25.7 Å². The largest absolute Gasteiger partial charge is 0.481 e. The first kappa shape index (κ1) is 15.1. The second-order valence-electron chi connectivity index (χ2n) is 5.67. The van der Waals surface area contributed by atoms with Gasteiger partial charge in [0.2, 0.25) is 0 Å². The Kier molecular flexibility index (Phi) is 4.52. The molecule has 7 nitrogen and oxygen atoms in total. The van der Waals surface area contributed by atoms with E-state index in [1.807, 2.05) is 0 Å². The summed E-state index contributed by atoms with van der Waals surface area (Å²) in [5, 5.41) is 14.3. The van der Waals surface area contributed by atoms with Crippen LogP contribution >= 0.6 is 0 Å². The Morgan fingerprint density at radius 2 is 1.95 bits per heavy atom. The van der Waals surface area contributed by atoms with Crippen LogP contribution in [-0.4, -0.2) is 49.6 Å². The Balaban J connectivity index is 1.68. The van der Waals surface area contributed by atoms with E-state index in [4.69, 9.17) is 5.11 Å². The molecule has 0 aromatic heterocycles. The highest BCUT2D eigenvalue weighted by atomic mass is 32.2. The third kappa shape index (κ3) is 4.09. The van der Waals surface area contributed by atoms with Crippen molar-refractivity contribution in [2.75, 3.05) is 18.1 Å². The van der Waals surface area contributed by atoms with Crippen LogP contribution in [0.3, 0.4) is 0 Å². The molecule has 1 aliphatic carbocycles. The Labute approximate surface area is 118 Å². The van der Waals surface area contributed by atoms with E-state index in [0.717, 1.165) is 0 Å². The first-order chi connectivity index (χ1) is 9.35. The summed E-state index contributed by atoms with van der Waals surface area (Å²) in [7, 11) is -2.92. The topological polar surface area (TPSA) is 113 Å². The number of rotatable bonds is 4. The van der Waals surface area contributed by atoms with Crippen molar-refractivity contribution in [2.45, 2.75) is 31.7 Å². The van der Waals surface area contributed by atoms with Crippen LogP contribution in [0, 0.1) is 11.8 Å². The van der Waals surface area contributed by atoms with Crippen LogP contribution < -0.4 is 10.6 Å². The van der Waals surface area contributed by atoms with Gasteiger partial charge in [0.25, 0.3) is 0 Å². The minimum absolute atomic E-state index is 0.0129. The van der Waals surface area contributed by atoms with Gasteiger partial charge in [0, 0.05) is 12.6 Å². The summed E-state index contributed by atoms with van der Waals surface area (Å²) in [6, 6.07) is -0.450. The lowest BCUT2D eigenvalue weighted by atomic mass is 10.1. The number of carboxylic acids is 1. The van der Waals surface area contributed by atoms with Gasteiger partial charge in [-0.25, -0.2) is 13.2 Å². The summed E-state index contributed by atoms with van der Waals surface area (Å²) in [4.78, 5) is 22.5. The maximum atomic E-state index is 11.7. The van der Waals surface area contributed by atoms with Gasteiger partial charge in [-0.2, -0.15) is 0 Å². The summed E-state index contributed by atoms with van der Waals surface area (Å²) in [6.07, 6.45) is 2.30. The van der Waals surface area contributed by atoms with Crippen molar-refractivity contribution in [1.29, 1.82) is 0 Å². The molecule has 3 unspecified atom stereocenters. The Morgan fingerprint density at radius 1 is 1.20 bits per heavy atom. The number of aliphatic carboxylic acids is 1. The molecule has 8 heteroatoms. The molecule has 1 saturated carbocycles. The summed E-state index contributed by atoms with van der Waals surface area (Å²) >= 11 is 0. The highest BCUT2D eigenvalue weighted by Crippen LogP contribution is 2.25. The molecule has 0 bridgehead atoms. The molecule has 2 amide bonds. The molecular weight excluding hydrogens is 284 g/mol. The Hall–Kier alpha value is -1.31. The van der Waals surface area contributed by atoms with E-state index < -0.39 is 15.8 Å². The normalized spacial score (nSPS) is 31.9. The maximum Gasteiger partial charge on any atom is 0.315 e. The van der Waals surface area contributed by atoms with Gasteiger partial charge < -0.3 is 15.7 Å². The lowest BCUT2D eigenvalue weighted by Crippen LogP contribution is -2.43. The highest BCUT2D eigenvalue weighted by molar-refractivity contribution is 7.91. The number of urea groups is 1. The van der Waals surface area contributed by atoms with Crippen molar-refractivity contribution >= 4 is 21.8 Å². The zero-order valence-electron chi connectivity index (χ0n) is 11.2. The summed E-state index contributed by atoms with van der Waals surface area (Å²) < 4.78 is 22.6. The molecule has 2 fully saturated rings. The number of hydrogen-bond acceptors (Lipinski definition) is 4. The standard InChI is InChI=1S/C12H20N2O5S/c15-11(16)9-1-2-10(5-9)14-12(17)13-6-8-3-4-20(18,19)7-8/h8-10H,1-7H2,(H,15,16)(H2,13,14,17). The number of amides is 2. The van der Waals surface area contributed by atoms with Crippen LogP contribution in [0.4, 0.5) is 4.79 Å². The zero-order chi connectivity index (χ0) is 14.8. The molecule has 0 radical (unpaired) electrons. The fraction of sp³-hybridized carbons (Fsp3) is 0.833. The Bertz CT molecular complexity index is 490. The number of nitrogens with one attached hydrogen (secondary N) is 2. The molecule has 20 heavy (non-hydrogen) atoms. The average molecular weight is 304 g/mol. The van der Waals surface area contributed by atoms with Crippen LogP contribution in [-0.2, 0) is 14.6 Å². The fourth-order valence-corrected chi connectivity index (χ4v) is 4.71. The minimum atomic E-state index is -2.92. The molecule has 2 rings (SSSR count). The second-order valence-corrected chi connectivity index (χ2v) is 7.90. The molecular formula is C12H20N2O5S. The van der Waals surface area contributed by atoms with Crippen LogP contribution in [0.5, 0.6) is 0 Å².